The molecule has 0 radical (unpaired) electrons. The molecule has 37 heteroatoms. The number of nitrogens with one attached hydrogen (secondary N) is 10. The zero-order valence-electron chi connectivity index (χ0n) is 54.7. The van der Waals surface area contributed by atoms with Crippen molar-refractivity contribution in [2.75, 3.05) is 119 Å². The van der Waals surface area contributed by atoms with Gasteiger partial charge in [0.25, 0.3) is 0 Å². The summed E-state index contributed by atoms with van der Waals surface area (Å²) in [6.07, 6.45) is -15.8. The van der Waals surface area contributed by atoms with Crippen LogP contribution in [-0.4, -0.2) is 321 Å². The predicted molar refractivity (Wildman–Crippen MR) is 327 cm³/mol. The number of hydrogen-bond acceptors (Lipinski definition) is 28. The number of amides is 9. The maximum absolute atomic E-state index is 12.8. The van der Waals surface area contributed by atoms with E-state index in [1.165, 1.54) is 20.8 Å². The van der Waals surface area contributed by atoms with Crippen LogP contribution in [0.15, 0.2) is 0 Å². The van der Waals surface area contributed by atoms with E-state index in [4.69, 9.17) is 42.6 Å². The summed E-state index contributed by atoms with van der Waals surface area (Å²) in [4.78, 5) is 111. The first-order valence-corrected chi connectivity index (χ1v) is 31.9. The summed E-state index contributed by atoms with van der Waals surface area (Å²) in [5.41, 5.74) is -1.06. The third-order valence-corrected chi connectivity index (χ3v) is 14.7. The summed E-state index contributed by atoms with van der Waals surface area (Å²) in [5, 5.41) is 118. The molecule has 0 aromatic rings. The molecule has 3 fully saturated rings. The van der Waals surface area contributed by atoms with E-state index in [-0.39, 0.29) is 161 Å². The van der Waals surface area contributed by atoms with Crippen molar-refractivity contribution in [1.82, 2.24) is 53.2 Å². The van der Waals surface area contributed by atoms with Crippen molar-refractivity contribution in [3.8, 4) is 0 Å². The summed E-state index contributed by atoms with van der Waals surface area (Å²) < 4.78 is 51.3. The van der Waals surface area contributed by atoms with Crippen molar-refractivity contribution < 1.29 is 132 Å². The van der Waals surface area contributed by atoms with Crippen molar-refractivity contribution in [3.63, 3.8) is 0 Å². The molecule has 95 heavy (non-hydrogen) atoms. The number of carbonyl (C=O) groups excluding carboxylic acids is 9. The highest BCUT2D eigenvalue weighted by atomic mass is 16.7. The number of aliphatic hydroxyl groups excluding tert-OH is 9. The van der Waals surface area contributed by atoms with E-state index >= 15 is 0 Å². The molecule has 15 atom stereocenters. The van der Waals surface area contributed by atoms with Gasteiger partial charge in [-0.1, -0.05) is 13.8 Å². The molecule has 0 saturated carbocycles. The van der Waals surface area contributed by atoms with Crippen molar-refractivity contribution >= 4 is 53.2 Å². The molecule has 19 N–H and O–H groups in total. The fourth-order valence-electron chi connectivity index (χ4n) is 9.96. The second-order valence-corrected chi connectivity index (χ2v) is 23.3. The van der Waals surface area contributed by atoms with E-state index in [1.54, 1.807) is 0 Å². The van der Waals surface area contributed by atoms with Crippen LogP contribution in [0.2, 0.25) is 0 Å². The molecular formula is C58H104N10O27. The SMILES string of the molecule is CC(=O)NC1[C@H](OCCC(=O)NCCCNC(=O)CCOCC(COCCC(=O)NCCCNC(=O)CCO[C@@H]2OC(CO)[C@H](O)[C@H](O)C2NC(C)=O)(COCCC(=O)NCCCNC(=O)CCO[C@@H]2OC(CO)[C@H](O)[C@H](O)C2NC(C)=O)NC(C)C)OC(CO)[C@H](O)[C@@H]1O. The molecule has 0 aliphatic carbocycles. The summed E-state index contributed by atoms with van der Waals surface area (Å²) in [6, 6.07) is -3.65. The lowest BCUT2D eigenvalue weighted by Crippen LogP contribution is -2.64. The van der Waals surface area contributed by atoms with Crippen molar-refractivity contribution in [2.45, 2.75) is 196 Å². The number of rotatable bonds is 47. The summed E-state index contributed by atoms with van der Waals surface area (Å²) in [7, 11) is 0. The molecule has 6 unspecified atom stereocenters. The summed E-state index contributed by atoms with van der Waals surface area (Å²) >= 11 is 0. The van der Waals surface area contributed by atoms with Crippen LogP contribution >= 0.6 is 0 Å². The first-order chi connectivity index (χ1) is 45.2. The lowest BCUT2D eigenvalue weighted by Gasteiger charge is -2.42. The first-order valence-electron chi connectivity index (χ1n) is 31.9. The van der Waals surface area contributed by atoms with Gasteiger partial charge >= 0.3 is 0 Å². The number of ether oxygens (including phenoxy) is 9. The summed E-state index contributed by atoms with van der Waals surface area (Å²) in [6.45, 7) is 5.90. The fraction of sp³-hybridized carbons (Fsp3) is 0.845. The average Bonchev–Trinajstić information content (AvgIpc) is 0.831. The zero-order chi connectivity index (χ0) is 70.5. The largest absolute Gasteiger partial charge is 0.394 e. The Kier molecular flexibility index (Phi) is 40.4. The minimum atomic E-state index is -1.51. The predicted octanol–water partition coefficient (Wildman–Crippen LogP) is -9.14. The van der Waals surface area contributed by atoms with Crippen molar-refractivity contribution in [3.05, 3.63) is 0 Å². The van der Waals surface area contributed by atoms with Gasteiger partial charge in [0.15, 0.2) is 18.9 Å². The molecule has 3 heterocycles. The van der Waals surface area contributed by atoms with E-state index in [0.29, 0.717) is 19.3 Å². The van der Waals surface area contributed by atoms with Gasteiger partial charge in [0.1, 0.15) is 73.1 Å². The van der Waals surface area contributed by atoms with Gasteiger partial charge in [-0.2, -0.15) is 0 Å². The molecule has 0 spiro atoms. The monoisotopic (exact) mass is 1370 g/mol. The highest BCUT2D eigenvalue weighted by Gasteiger charge is 2.48. The number of aliphatic hydroxyl groups is 9. The molecule has 0 aromatic heterocycles. The van der Waals surface area contributed by atoms with E-state index in [2.05, 4.69) is 53.2 Å². The van der Waals surface area contributed by atoms with Gasteiger partial charge in [-0.05, 0) is 19.3 Å². The first kappa shape index (κ1) is 83.7. The van der Waals surface area contributed by atoms with Crippen molar-refractivity contribution in [2.24, 2.45) is 0 Å². The Hall–Kier alpha value is -5.53. The van der Waals surface area contributed by atoms with E-state index in [1.807, 2.05) is 13.8 Å². The zero-order valence-corrected chi connectivity index (χ0v) is 54.7. The second-order valence-electron chi connectivity index (χ2n) is 23.3. The molecular weight excluding hydrogens is 1270 g/mol. The minimum absolute atomic E-state index is 0.0311. The third-order valence-electron chi connectivity index (χ3n) is 14.7. The fourth-order valence-corrected chi connectivity index (χ4v) is 9.96. The molecule has 3 aliphatic heterocycles. The molecule has 3 aliphatic rings. The summed E-state index contributed by atoms with van der Waals surface area (Å²) in [5.74, 6) is -3.82. The van der Waals surface area contributed by atoms with Crippen LogP contribution in [0.5, 0.6) is 0 Å². The van der Waals surface area contributed by atoms with Gasteiger partial charge in [-0.3, -0.25) is 43.2 Å². The Morgan fingerprint density at radius 1 is 0.379 bits per heavy atom. The van der Waals surface area contributed by atoms with E-state index < -0.39 is 153 Å². The molecule has 3 saturated heterocycles. The Morgan fingerprint density at radius 2 is 0.611 bits per heavy atom. The van der Waals surface area contributed by atoms with E-state index in [0.717, 1.165) is 0 Å². The van der Waals surface area contributed by atoms with Crippen LogP contribution in [0.1, 0.15) is 92.4 Å². The van der Waals surface area contributed by atoms with Gasteiger partial charge < -0.3 is 142 Å². The lowest BCUT2D eigenvalue weighted by atomic mass is 9.97. The smallest absolute Gasteiger partial charge is 0.222 e. The second kappa shape index (κ2) is 45.9. The van der Waals surface area contributed by atoms with Crippen LogP contribution in [0.25, 0.3) is 0 Å². The maximum atomic E-state index is 12.8. The van der Waals surface area contributed by atoms with Gasteiger partial charge in [0.05, 0.1) is 104 Å². The molecule has 0 bridgehead atoms. The Bertz CT molecular complexity index is 2090. The lowest BCUT2D eigenvalue weighted by molar-refractivity contribution is -0.270. The molecule has 3 rings (SSSR count). The molecule has 9 amide bonds. The van der Waals surface area contributed by atoms with Gasteiger partial charge in [-0.15, -0.1) is 0 Å². The van der Waals surface area contributed by atoms with Crippen LogP contribution < -0.4 is 53.2 Å². The van der Waals surface area contributed by atoms with Crippen LogP contribution in [-0.2, 0) is 85.8 Å². The van der Waals surface area contributed by atoms with Crippen LogP contribution in [0.3, 0.4) is 0 Å². The average molecular weight is 1370 g/mol. The molecule has 37 nitrogen and oxygen atoms in total. The Balaban J connectivity index is 1.44. The quantitative estimate of drug-likeness (QED) is 0.0252. The topological polar surface area (TPSA) is 539 Å². The number of hydrogen-bond donors (Lipinski definition) is 19. The third kappa shape index (κ3) is 32.1. The molecule has 548 valence electrons. The minimum Gasteiger partial charge on any atom is -0.394 e. The van der Waals surface area contributed by atoms with Gasteiger partial charge in [-0.25, -0.2) is 0 Å². The standard InChI is InChI=1S/C58H104N10O27/c1-33(2)68-58(30-87-21-9-40(75)59-15-6-18-62-43(78)12-24-90-55-46(65-34(3)72)52(84)49(81)37(27-69)93-55,31-88-22-10-41(76)60-16-7-19-63-44(79)13-25-91-56-47(66-35(4)73)53(85)50(82)38(28-70)94-56)32-89-23-11-42(77)61-17-8-20-64-45(80)14-26-92-57-48(67-36(5)74)54(86)51(83)39(29-71)95-57/h33,37-39,46-57,68-71,81-86H,6-32H2,1-5H3,(H,59,75)(H,60,76)(H,61,77)(H,62,78)(H,63,79)(H,64,80)(H,65,72)(H,66,73)(H,67,74)/t37?,38?,39?,46?,47?,48?,49-,50-,51-,52+,53+,54+,55+,56+,57+,58?/m0/s1. The normalized spacial score (nSPS) is 26.5. The maximum Gasteiger partial charge on any atom is 0.222 e. The van der Waals surface area contributed by atoms with Crippen LogP contribution in [0.4, 0.5) is 0 Å². The highest BCUT2D eigenvalue weighted by molar-refractivity contribution is 5.78. The number of carbonyl (C=O) groups is 9. The highest BCUT2D eigenvalue weighted by Crippen LogP contribution is 2.25. The van der Waals surface area contributed by atoms with Crippen molar-refractivity contribution in [1.29, 1.82) is 0 Å². The Morgan fingerprint density at radius 3 is 0.821 bits per heavy atom. The van der Waals surface area contributed by atoms with E-state index in [9.17, 15) is 89.1 Å². The van der Waals surface area contributed by atoms with Crippen LogP contribution in [0, 0.1) is 0 Å². The Labute approximate surface area is 551 Å². The van der Waals surface area contributed by atoms with Gasteiger partial charge in [0.2, 0.25) is 53.2 Å². The van der Waals surface area contributed by atoms with Gasteiger partial charge in [0, 0.05) is 85.3 Å². The molecule has 0 aromatic carbocycles.